The third-order valence-electron chi connectivity index (χ3n) is 4.48. The molecule has 0 bridgehead atoms. The number of rotatable bonds is 10. The SMILES string of the molecule is CCCOc1ccc(-c2nc(C(=O)NCCc3ccccc3OC)cs2)cc1OC. The van der Waals surface area contributed by atoms with Crippen LogP contribution in [-0.2, 0) is 6.42 Å². The molecule has 7 heteroatoms. The van der Waals surface area contributed by atoms with E-state index in [2.05, 4.69) is 17.2 Å². The Kier molecular flexibility index (Phi) is 7.68. The molecule has 0 atom stereocenters. The summed E-state index contributed by atoms with van der Waals surface area (Å²) in [4.78, 5) is 17.0. The van der Waals surface area contributed by atoms with Gasteiger partial charge in [0.25, 0.3) is 5.91 Å². The van der Waals surface area contributed by atoms with Crippen molar-refractivity contribution in [2.45, 2.75) is 19.8 Å². The third-order valence-corrected chi connectivity index (χ3v) is 5.37. The number of hydrogen-bond acceptors (Lipinski definition) is 6. The van der Waals surface area contributed by atoms with Crippen molar-refractivity contribution in [2.24, 2.45) is 0 Å². The van der Waals surface area contributed by atoms with Crippen LogP contribution < -0.4 is 19.5 Å². The van der Waals surface area contributed by atoms with Gasteiger partial charge in [-0.1, -0.05) is 25.1 Å². The van der Waals surface area contributed by atoms with Crippen molar-refractivity contribution in [2.75, 3.05) is 27.4 Å². The van der Waals surface area contributed by atoms with Crippen molar-refractivity contribution in [3.8, 4) is 27.8 Å². The minimum atomic E-state index is -0.192. The fourth-order valence-electron chi connectivity index (χ4n) is 2.95. The fraction of sp³-hybridized carbons (Fsp3) is 0.304. The second-order valence-electron chi connectivity index (χ2n) is 6.57. The molecule has 0 aliphatic carbocycles. The summed E-state index contributed by atoms with van der Waals surface area (Å²) >= 11 is 1.42. The van der Waals surface area contributed by atoms with Crippen LogP contribution in [-0.4, -0.2) is 38.3 Å². The van der Waals surface area contributed by atoms with Crippen LogP contribution in [0.2, 0.25) is 0 Å². The predicted molar refractivity (Wildman–Crippen MR) is 119 cm³/mol. The lowest BCUT2D eigenvalue weighted by Gasteiger charge is -2.10. The molecule has 0 fully saturated rings. The van der Waals surface area contributed by atoms with Gasteiger partial charge < -0.3 is 19.5 Å². The zero-order valence-corrected chi connectivity index (χ0v) is 18.3. The zero-order valence-electron chi connectivity index (χ0n) is 17.4. The topological polar surface area (TPSA) is 69.7 Å². The predicted octanol–water partition coefficient (Wildman–Crippen LogP) is 4.59. The molecule has 0 radical (unpaired) electrons. The first kappa shape index (κ1) is 21.6. The highest BCUT2D eigenvalue weighted by Crippen LogP contribution is 2.34. The molecule has 1 aromatic heterocycles. The molecule has 0 aliphatic rings. The molecule has 158 valence electrons. The Morgan fingerprint density at radius 3 is 2.63 bits per heavy atom. The second kappa shape index (κ2) is 10.6. The number of ether oxygens (including phenoxy) is 3. The first-order chi connectivity index (χ1) is 14.7. The van der Waals surface area contributed by atoms with Gasteiger partial charge in [0.05, 0.1) is 20.8 Å². The highest BCUT2D eigenvalue weighted by molar-refractivity contribution is 7.13. The van der Waals surface area contributed by atoms with E-state index in [4.69, 9.17) is 14.2 Å². The first-order valence-corrected chi connectivity index (χ1v) is 10.7. The van der Waals surface area contributed by atoms with Gasteiger partial charge in [0.2, 0.25) is 0 Å². The van der Waals surface area contributed by atoms with Gasteiger partial charge in [-0.2, -0.15) is 0 Å². The monoisotopic (exact) mass is 426 g/mol. The zero-order chi connectivity index (χ0) is 21.3. The summed E-state index contributed by atoms with van der Waals surface area (Å²) < 4.78 is 16.5. The highest BCUT2D eigenvalue weighted by atomic mass is 32.1. The Labute approximate surface area is 180 Å². The Balaban J connectivity index is 1.63. The van der Waals surface area contributed by atoms with E-state index in [0.29, 0.717) is 36.8 Å². The maximum atomic E-state index is 12.5. The molecular formula is C23H26N2O4S. The lowest BCUT2D eigenvalue weighted by molar-refractivity contribution is 0.0950. The quantitative estimate of drug-likeness (QED) is 0.514. The van der Waals surface area contributed by atoms with Crippen molar-refractivity contribution in [1.82, 2.24) is 10.3 Å². The molecule has 30 heavy (non-hydrogen) atoms. The summed E-state index contributed by atoms with van der Waals surface area (Å²) in [6.07, 6.45) is 1.61. The van der Waals surface area contributed by atoms with E-state index in [1.807, 2.05) is 42.5 Å². The number of para-hydroxylation sites is 1. The molecule has 0 saturated carbocycles. The van der Waals surface area contributed by atoms with Crippen LogP contribution in [0, 0.1) is 0 Å². The number of amides is 1. The molecular weight excluding hydrogens is 400 g/mol. The first-order valence-electron chi connectivity index (χ1n) is 9.83. The van der Waals surface area contributed by atoms with Crippen molar-refractivity contribution in [3.63, 3.8) is 0 Å². The van der Waals surface area contributed by atoms with Crippen LogP contribution in [0.4, 0.5) is 0 Å². The summed E-state index contributed by atoms with van der Waals surface area (Å²) in [5, 5.41) is 5.44. The third kappa shape index (κ3) is 5.30. The van der Waals surface area contributed by atoms with E-state index in [0.717, 1.165) is 28.3 Å². The van der Waals surface area contributed by atoms with Gasteiger partial charge in [0.1, 0.15) is 16.5 Å². The fourth-order valence-corrected chi connectivity index (χ4v) is 3.75. The highest BCUT2D eigenvalue weighted by Gasteiger charge is 2.14. The van der Waals surface area contributed by atoms with Crippen molar-refractivity contribution < 1.29 is 19.0 Å². The van der Waals surface area contributed by atoms with Gasteiger partial charge in [-0.3, -0.25) is 4.79 Å². The summed E-state index contributed by atoms with van der Waals surface area (Å²) in [5.74, 6) is 1.98. The molecule has 6 nitrogen and oxygen atoms in total. The van der Waals surface area contributed by atoms with Gasteiger partial charge in [-0.05, 0) is 42.7 Å². The summed E-state index contributed by atoms with van der Waals surface area (Å²) in [6.45, 7) is 3.19. The molecule has 0 aliphatic heterocycles. The normalized spacial score (nSPS) is 10.5. The summed E-state index contributed by atoms with van der Waals surface area (Å²) in [5.41, 5.74) is 2.34. The number of thiazole rings is 1. The minimum Gasteiger partial charge on any atom is -0.496 e. The molecule has 1 amide bonds. The maximum Gasteiger partial charge on any atom is 0.270 e. The smallest absolute Gasteiger partial charge is 0.270 e. The summed E-state index contributed by atoms with van der Waals surface area (Å²) in [6, 6.07) is 13.5. The Morgan fingerprint density at radius 1 is 1.07 bits per heavy atom. The molecule has 3 rings (SSSR count). The van der Waals surface area contributed by atoms with Crippen LogP contribution in [0.1, 0.15) is 29.4 Å². The number of carbonyl (C=O) groups is 1. The van der Waals surface area contributed by atoms with E-state index in [1.54, 1.807) is 19.6 Å². The number of benzene rings is 2. The van der Waals surface area contributed by atoms with Crippen LogP contribution in [0.15, 0.2) is 47.8 Å². The lowest BCUT2D eigenvalue weighted by atomic mass is 10.1. The van der Waals surface area contributed by atoms with Crippen molar-refractivity contribution in [3.05, 3.63) is 59.1 Å². The molecule has 1 N–H and O–H groups in total. The van der Waals surface area contributed by atoms with E-state index in [-0.39, 0.29) is 5.91 Å². The van der Waals surface area contributed by atoms with E-state index in [9.17, 15) is 4.79 Å². The molecule has 0 saturated heterocycles. The number of methoxy groups -OCH3 is 2. The van der Waals surface area contributed by atoms with Gasteiger partial charge in [-0.25, -0.2) is 4.98 Å². The number of carbonyl (C=O) groups excluding carboxylic acids is 1. The molecule has 1 heterocycles. The van der Waals surface area contributed by atoms with E-state index >= 15 is 0 Å². The average Bonchev–Trinajstić information content (AvgIpc) is 3.28. The second-order valence-corrected chi connectivity index (χ2v) is 7.43. The average molecular weight is 427 g/mol. The number of nitrogens with zero attached hydrogens (tertiary/aromatic N) is 1. The molecule has 2 aromatic carbocycles. The molecule has 3 aromatic rings. The lowest BCUT2D eigenvalue weighted by Crippen LogP contribution is -2.26. The Morgan fingerprint density at radius 2 is 1.87 bits per heavy atom. The van der Waals surface area contributed by atoms with E-state index in [1.165, 1.54) is 11.3 Å². The minimum absolute atomic E-state index is 0.192. The number of hydrogen-bond donors (Lipinski definition) is 1. The van der Waals surface area contributed by atoms with Crippen LogP contribution >= 0.6 is 11.3 Å². The Hall–Kier alpha value is -3.06. The molecule has 0 unspecified atom stereocenters. The van der Waals surface area contributed by atoms with Crippen LogP contribution in [0.3, 0.4) is 0 Å². The molecule has 0 spiro atoms. The van der Waals surface area contributed by atoms with Crippen molar-refractivity contribution >= 4 is 17.2 Å². The number of nitrogens with one attached hydrogen (secondary N) is 1. The van der Waals surface area contributed by atoms with Crippen molar-refractivity contribution in [1.29, 1.82) is 0 Å². The van der Waals surface area contributed by atoms with E-state index < -0.39 is 0 Å². The summed E-state index contributed by atoms with van der Waals surface area (Å²) in [7, 11) is 3.26. The van der Waals surface area contributed by atoms with Gasteiger partial charge >= 0.3 is 0 Å². The van der Waals surface area contributed by atoms with Gasteiger partial charge in [-0.15, -0.1) is 11.3 Å². The van der Waals surface area contributed by atoms with Crippen LogP contribution in [0.25, 0.3) is 10.6 Å². The standard InChI is InChI=1S/C23H26N2O4S/c1-4-13-29-20-10-9-17(14-21(20)28-3)23-25-18(15-30-23)22(26)24-12-11-16-7-5-6-8-19(16)27-2/h5-10,14-15H,4,11-13H2,1-3H3,(H,24,26). The Bertz CT molecular complexity index is 987. The maximum absolute atomic E-state index is 12.5. The number of aromatic nitrogens is 1. The van der Waals surface area contributed by atoms with Crippen LogP contribution in [0.5, 0.6) is 17.2 Å². The van der Waals surface area contributed by atoms with Gasteiger partial charge in [0.15, 0.2) is 11.5 Å². The largest absolute Gasteiger partial charge is 0.496 e. The van der Waals surface area contributed by atoms with Gasteiger partial charge in [0, 0.05) is 17.5 Å².